The van der Waals surface area contributed by atoms with Crippen molar-refractivity contribution in [1.29, 1.82) is 0 Å². The van der Waals surface area contributed by atoms with E-state index in [1.807, 2.05) is 42.3 Å². The van der Waals surface area contributed by atoms with Crippen LogP contribution in [0.5, 0.6) is 5.75 Å². The van der Waals surface area contributed by atoms with Gasteiger partial charge >= 0.3 is 0 Å². The Morgan fingerprint density at radius 1 is 1.38 bits per heavy atom. The average Bonchev–Trinajstić information content (AvgIpc) is 3.10. The number of fused-ring (bicyclic) bond motifs is 1. The molecule has 0 bridgehead atoms. The first-order valence-electron chi connectivity index (χ1n) is 9.19. The molecule has 0 amide bonds. The van der Waals surface area contributed by atoms with Crippen LogP contribution in [0.25, 0.3) is 0 Å². The highest BCUT2D eigenvalue weighted by molar-refractivity contribution is 5.80. The molecule has 3 rings (SSSR count). The monoisotopic (exact) mass is 355 g/mol. The molecule has 0 saturated heterocycles. The second-order valence-corrected chi connectivity index (χ2v) is 7.59. The zero-order chi connectivity index (χ0) is 18.6. The zero-order valence-electron chi connectivity index (χ0n) is 16.1. The third-order valence-electron chi connectivity index (χ3n) is 4.59. The van der Waals surface area contributed by atoms with E-state index in [1.54, 1.807) is 0 Å². The van der Waals surface area contributed by atoms with E-state index in [9.17, 15) is 0 Å². The highest BCUT2D eigenvalue weighted by Gasteiger charge is 2.33. The molecule has 2 unspecified atom stereocenters. The van der Waals surface area contributed by atoms with Crippen LogP contribution in [-0.4, -0.2) is 34.9 Å². The van der Waals surface area contributed by atoms with Crippen LogP contribution in [-0.2, 0) is 6.54 Å². The lowest BCUT2D eigenvalue weighted by atomic mass is 9.90. The number of nitrogens with zero attached hydrogens (tertiary/aromatic N) is 3. The summed E-state index contributed by atoms with van der Waals surface area (Å²) in [6, 6.07) is 10.3. The van der Waals surface area contributed by atoms with E-state index >= 15 is 0 Å². The van der Waals surface area contributed by atoms with E-state index in [0.717, 1.165) is 31.2 Å². The lowest BCUT2D eigenvalue weighted by Crippen LogP contribution is -2.46. The minimum absolute atomic E-state index is 0.169. The van der Waals surface area contributed by atoms with Crippen LogP contribution in [0.2, 0.25) is 0 Å². The van der Waals surface area contributed by atoms with Gasteiger partial charge < -0.3 is 15.4 Å². The van der Waals surface area contributed by atoms with Gasteiger partial charge in [-0.2, -0.15) is 5.10 Å². The lowest BCUT2D eigenvalue weighted by molar-refractivity contribution is 0.0694. The maximum atomic E-state index is 6.11. The van der Waals surface area contributed by atoms with E-state index in [-0.39, 0.29) is 11.6 Å². The summed E-state index contributed by atoms with van der Waals surface area (Å²) in [5, 5.41) is 11.3. The summed E-state index contributed by atoms with van der Waals surface area (Å²) >= 11 is 0. The van der Waals surface area contributed by atoms with Gasteiger partial charge in [-0.3, -0.25) is 9.67 Å². The number of aliphatic imine (C=N–C) groups is 1. The number of hydrogen-bond donors (Lipinski definition) is 2. The molecule has 2 atom stereocenters. The van der Waals surface area contributed by atoms with Gasteiger partial charge in [0.2, 0.25) is 0 Å². The van der Waals surface area contributed by atoms with Crippen LogP contribution >= 0.6 is 0 Å². The van der Waals surface area contributed by atoms with Gasteiger partial charge in [0.25, 0.3) is 0 Å². The Hall–Kier alpha value is -2.50. The van der Waals surface area contributed by atoms with E-state index in [2.05, 4.69) is 53.6 Å². The van der Waals surface area contributed by atoms with Crippen molar-refractivity contribution in [3.63, 3.8) is 0 Å². The second-order valence-electron chi connectivity index (χ2n) is 7.59. The van der Waals surface area contributed by atoms with Gasteiger partial charge in [-0.05, 0) is 31.9 Å². The fourth-order valence-corrected chi connectivity index (χ4v) is 3.35. The highest BCUT2D eigenvalue weighted by atomic mass is 16.5. The summed E-state index contributed by atoms with van der Waals surface area (Å²) in [5.74, 6) is 2.20. The first-order chi connectivity index (χ1) is 12.5. The summed E-state index contributed by atoms with van der Waals surface area (Å²) in [5.41, 5.74) is 0.970. The van der Waals surface area contributed by atoms with E-state index in [0.29, 0.717) is 5.92 Å². The third-order valence-corrected chi connectivity index (χ3v) is 4.59. The number of guanidine groups is 1. The van der Waals surface area contributed by atoms with Crippen molar-refractivity contribution in [3.05, 3.63) is 48.3 Å². The summed E-state index contributed by atoms with van der Waals surface area (Å²) in [6.07, 6.45) is 4.68. The second kappa shape index (κ2) is 7.81. The van der Waals surface area contributed by atoms with Crippen LogP contribution in [0.4, 0.5) is 0 Å². The van der Waals surface area contributed by atoms with Crippen LogP contribution in [0.1, 0.15) is 38.8 Å². The topological polar surface area (TPSA) is 63.5 Å². The molecule has 1 aliphatic rings. The molecule has 0 aliphatic carbocycles. The van der Waals surface area contributed by atoms with E-state index in [4.69, 9.17) is 4.74 Å². The third kappa shape index (κ3) is 4.56. The molecule has 0 radical (unpaired) electrons. The van der Waals surface area contributed by atoms with Crippen LogP contribution < -0.4 is 15.4 Å². The van der Waals surface area contributed by atoms with Gasteiger partial charge in [0.05, 0.1) is 6.04 Å². The average molecular weight is 355 g/mol. The Morgan fingerprint density at radius 2 is 2.19 bits per heavy atom. The first kappa shape index (κ1) is 18.3. The van der Waals surface area contributed by atoms with E-state index < -0.39 is 0 Å². The van der Waals surface area contributed by atoms with Crippen LogP contribution in [0.15, 0.2) is 47.7 Å². The van der Waals surface area contributed by atoms with E-state index in [1.165, 1.54) is 5.56 Å². The number of hydrogen-bond acceptors (Lipinski definition) is 3. The van der Waals surface area contributed by atoms with Gasteiger partial charge in [-0.15, -0.1) is 0 Å². The van der Waals surface area contributed by atoms with Crippen molar-refractivity contribution in [2.24, 2.45) is 10.9 Å². The molecule has 1 aromatic heterocycles. The van der Waals surface area contributed by atoms with Gasteiger partial charge in [0.1, 0.15) is 11.4 Å². The van der Waals surface area contributed by atoms with Crippen molar-refractivity contribution >= 4 is 5.96 Å². The molecule has 2 N–H and O–H groups in total. The van der Waals surface area contributed by atoms with Crippen molar-refractivity contribution in [1.82, 2.24) is 20.4 Å². The largest absolute Gasteiger partial charge is 0.487 e. The Bertz CT molecular complexity index is 738. The number of aromatic nitrogens is 2. The number of ether oxygens (including phenoxy) is 1. The SMILES string of the molecule is CN=C(NCC(C)Cn1cccn1)NC1CC(C)(C)Oc2ccccc21. The molecule has 26 heavy (non-hydrogen) atoms. The Labute approximate surface area is 155 Å². The van der Waals surface area contributed by atoms with Crippen LogP contribution in [0, 0.1) is 5.92 Å². The smallest absolute Gasteiger partial charge is 0.191 e. The standard InChI is InChI=1S/C20H29N5O/c1-15(14-25-11-7-10-23-25)13-22-19(21-4)24-17-12-20(2,3)26-18-9-6-5-8-16(17)18/h5-11,15,17H,12-14H2,1-4H3,(H2,21,22,24). The quantitative estimate of drug-likeness (QED) is 0.639. The lowest BCUT2D eigenvalue weighted by Gasteiger charge is -2.38. The van der Waals surface area contributed by atoms with Gasteiger partial charge in [0.15, 0.2) is 5.96 Å². The molecular weight excluding hydrogens is 326 g/mol. The zero-order valence-corrected chi connectivity index (χ0v) is 16.1. The first-order valence-corrected chi connectivity index (χ1v) is 9.19. The molecule has 6 nitrogen and oxygen atoms in total. The maximum Gasteiger partial charge on any atom is 0.191 e. The highest BCUT2D eigenvalue weighted by Crippen LogP contribution is 2.39. The van der Waals surface area contributed by atoms with Crippen molar-refractivity contribution in [2.75, 3.05) is 13.6 Å². The normalized spacial score (nSPS) is 20.0. The number of benzene rings is 1. The molecule has 6 heteroatoms. The molecular formula is C20H29N5O. The fourth-order valence-electron chi connectivity index (χ4n) is 3.35. The maximum absolute atomic E-state index is 6.11. The summed E-state index contributed by atoms with van der Waals surface area (Å²) < 4.78 is 8.07. The predicted octanol–water partition coefficient (Wildman–Crippen LogP) is 2.99. The molecule has 2 aromatic rings. The van der Waals surface area contributed by atoms with Gasteiger partial charge in [-0.1, -0.05) is 25.1 Å². The molecule has 1 aliphatic heterocycles. The Balaban J connectivity index is 1.61. The van der Waals surface area contributed by atoms with Gasteiger partial charge in [-0.25, -0.2) is 0 Å². The molecule has 140 valence electrons. The van der Waals surface area contributed by atoms with Crippen molar-refractivity contribution in [2.45, 2.75) is 45.4 Å². The minimum Gasteiger partial charge on any atom is -0.487 e. The predicted molar refractivity (Wildman–Crippen MR) is 104 cm³/mol. The number of para-hydroxylation sites is 1. The summed E-state index contributed by atoms with van der Waals surface area (Å²) in [6.45, 7) is 8.16. The minimum atomic E-state index is -0.210. The molecule has 0 saturated carbocycles. The van der Waals surface area contributed by atoms with Crippen LogP contribution in [0.3, 0.4) is 0 Å². The molecule has 0 fully saturated rings. The summed E-state index contributed by atoms with van der Waals surface area (Å²) in [7, 11) is 1.81. The van der Waals surface area contributed by atoms with Crippen molar-refractivity contribution in [3.8, 4) is 5.75 Å². The summed E-state index contributed by atoms with van der Waals surface area (Å²) in [4.78, 5) is 4.40. The Morgan fingerprint density at radius 3 is 2.92 bits per heavy atom. The molecule has 0 spiro atoms. The molecule has 1 aromatic carbocycles. The van der Waals surface area contributed by atoms with Gasteiger partial charge in [0, 0.05) is 44.5 Å². The number of rotatable bonds is 5. The van der Waals surface area contributed by atoms with Crippen molar-refractivity contribution < 1.29 is 4.74 Å². The number of nitrogens with one attached hydrogen (secondary N) is 2. The fraction of sp³-hybridized carbons (Fsp3) is 0.500. The Kier molecular flexibility index (Phi) is 5.49. The molecule has 2 heterocycles.